The number of β-lactam (4-membered cyclic amide) rings is 1. The summed E-state index contributed by atoms with van der Waals surface area (Å²) < 4.78 is 31.6. The predicted molar refractivity (Wildman–Crippen MR) is 74.7 cm³/mol. The first-order chi connectivity index (χ1) is 10.3. The van der Waals surface area contributed by atoms with Crippen molar-refractivity contribution < 1.29 is 22.6 Å². The van der Waals surface area contributed by atoms with Crippen molar-refractivity contribution >= 4 is 27.8 Å². The Morgan fingerprint density at radius 3 is 2.86 bits per heavy atom. The van der Waals surface area contributed by atoms with E-state index in [1.165, 1.54) is 11.1 Å². The van der Waals surface area contributed by atoms with Gasteiger partial charge in [0, 0.05) is 18.4 Å². The van der Waals surface area contributed by atoms with E-state index in [1.54, 1.807) is 12.1 Å². The fraction of sp³-hybridized carbons (Fsp3) is 0.417. The van der Waals surface area contributed by atoms with Crippen LogP contribution in [0.15, 0.2) is 18.3 Å². The number of hydrogen-bond acceptors (Lipinski definition) is 6. The van der Waals surface area contributed by atoms with Gasteiger partial charge in [-0.05, 0) is 18.6 Å². The highest BCUT2D eigenvalue weighted by Crippen LogP contribution is 2.35. The summed E-state index contributed by atoms with van der Waals surface area (Å²) in [6.07, 6.45) is 1.78. The third kappa shape index (κ3) is 2.29. The van der Waals surface area contributed by atoms with Gasteiger partial charge in [-0.25, -0.2) is 4.31 Å². The molecule has 2 amide bonds. The van der Waals surface area contributed by atoms with Gasteiger partial charge in [0.05, 0.1) is 18.2 Å². The largest absolute Gasteiger partial charge is 0.399 e. The van der Waals surface area contributed by atoms with E-state index in [-0.39, 0.29) is 18.9 Å². The topological polar surface area (TPSA) is 134 Å². The molecule has 0 unspecified atom stereocenters. The normalized spacial score (nSPS) is 24.1. The first kappa shape index (κ1) is 14.7. The summed E-state index contributed by atoms with van der Waals surface area (Å²) in [5.41, 5.74) is 6.58. The maximum atomic E-state index is 12.3. The highest BCUT2D eigenvalue weighted by atomic mass is 32.2. The van der Waals surface area contributed by atoms with Crippen molar-refractivity contribution in [3.05, 3.63) is 24.0 Å². The highest BCUT2D eigenvalue weighted by molar-refractivity contribution is 7.84. The molecule has 3 rings (SSSR count). The summed E-state index contributed by atoms with van der Waals surface area (Å²) in [5, 5.41) is 0. The monoisotopic (exact) mass is 326 g/mol. The van der Waals surface area contributed by atoms with Crippen LogP contribution in [0.1, 0.15) is 12.1 Å². The first-order valence-electron chi connectivity index (χ1n) is 6.59. The van der Waals surface area contributed by atoms with E-state index in [2.05, 4.69) is 4.98 Å². The average Bonchev–Trinajstić information content (AvgIpc) is 2.75. The number of nitrogen functional groups attached to an aromatic ring is 1. The van der Waals surface area contributed by atoms with Crippen molar-refractivity contribution in [1.29, 1.82) is 0 Å². The average molecular weight is 326 g/mol. The Morgan fingerprint density at radius 1 is 1.50 bits per heavy atom. The molecule has 22 heavy (non-hydrogen) atoms. The fourth-order valence-electron chi connectivity index (χ4n) is 2.95. The lowest BCUT2D eigenvalue weighted by Gasteiger charge is -2.42. The van der Waals surface area contributed by atoms with Gasteiger partial charge in [0.2, 0.25) is 5.91 Å². The smallest absolute Gasteiger partial charge is 0.362 e. The van der Waals surface area contributed by atoms with Crippen LogP contribution in [0.2, 0.25) is 0 Å². The number of aromatic nitrogens is 1. The molecule has 0 radical (unpaired) electrons. The predicted octanol–water partition coefficient (Wildman–Crippen LogP) is -1.18. The number of pyridine rings is 1. The Bertz CT molecular complexity index is 750. The number of nitrogens with two attached hydrogens (primary N) is 1. The number of fused-ring (bicyclic) bond motifs is 1. The van der Waals surface area contributed by atoms with E-state index < -0.39 is 28.3 Å². The molecule has 0 aromatic carbocycles. The second-order valence-electron chi connectivity index (χ2n) is 5.26. The molecule has 2 saturated heterocycles. The van der Waals surface area contributed by atoms with Crippen LogP contribution in [0.4, 0.5) is 5.69 Å². The number of rotatable bonds is 3. The van der Waals surface area contributed by atoms with Gasteiger partial charge >= 0.3 is 10.3 Å². The standard InChI is InChI=1S/C12H14N4O5S/c13-7-1-3-14-8(5-7)6-10(17)15-4-2-9-11(15)12(18)16(9)22(19,20)21/h1,3,5,9,11H,2,4,6H2,(H2,13,14)(H,19,20,21)/t9-,11+/m1/s1. The van der Waals surface area contributed by atoms with Gasteiger partial charge in [-0.1, -0.05) is 0 Å². The summed E-state index contributed by atoms with van der Waals surface area (Å²) >= 11 is 0. The molecule has 0 bridgehead atoms. The van der Waals surface area contributed by atoms with Crippen LogP contribution in [0.25, 0.3) is 0 Å². The number of carbonyl (C=O) groups is 2. The van der Waals surface area contributed by atoms with Crippen LogP contribution >= 0.6 is 0 Å². The molecule has 1 aromatic rings. The van der Waals surface area contributed by atoms with Gasteiger partial charge in [-0.3, -0.25) is 19.1 Å². The van der Waals surface area contributed by atoms with Crippen molar-refractivity contribution in [2.24, 2.45) is 0 Å². The lowest BCUT2D eigenvalue weighted by Crippen LogP contribution is -2.68. The Balaban J connectivity index is 1.73. The Hall–Kier alpha value is -2.20. The first-order valence-corrected chi connectivity index (χ1v) is 7.99. The third-order valence-corrected chi connectivity index (χ3v) is 4.83. The molecule has 3 N–H and O–H groups in total. The van der Waals surface area contributed by atoms with Crippen LogP contribution in [0.3, 0.4) is 0 Å². The van der Waals surface area contributed by atoms with E-state index in [0.29, 0.717) is 22.1 Å². The third-order valence-electron chi connectivity index (χ3n) is 3.88. The number of carbonyl (C=O) groups excluding carboxylic acids is 2. The minimum absolute atomic E-state index is 0.0204. The molecule has 2 aliphatic heterocycles. The van der Waals surface area contributed by atoms with E-state index in [1.807, 2.05) is 0 Å². The molecule has 3 heterocycles. The molecule has 118 valence electrons. The van der Waals surface area contributed by atoms with E-state index in [9.17, 15) is 18.0 Å². The Morgan fingerprint density at radius 2 is 2.23 bits per heavy atom. The molecule has 1 aromatic heterocycles. The van der Waals surface area contributed by atoms with Crippen molar-refractivity contribution in [2.75, 3.05) is 12.3 Å². The summed E-state index contributed by atoms with van der Waals surface area (Å²) in [4.78, 5) is 29.5. The number of likely N-dealkylation sites (tertiary alicyclic amines) is 1. The molecule has 0 spiro atoms. The maximum Gasteiger partial charge on any atom is 0.362 e. The second kappa shape index (κ2) is 4.92. The van der Waals surface area contributed by atoms with E-state index in [0.717, 1.165) is 0 Å². The Kier molecular flexibility index (Phi) is 3.29. The van der Waals surface area contributed by atoms with Crippen molar-refractivity contribution in [2.45, 2.75) is 24.9 Å². The van der Waals surface area contributed by atoms with Crippen LogP contribution in [-0.4, -0.2) is 57.6 Å². The quantitative estimate of drug-likeness (QED) is 0.527. The number of nitrogens with zero attached hydrogens (tertiary/aromatic N) is 3. The van der Waals surface area contributed by atoms with Gasteiger partial charge in [-0.15, -0.1) is 0 Å². The molecule has 2 fully saturated rings. The van der Waals surface area contributed by atoms with Crippen molar-refractivity contribution in [3.8, 4) is 0 Å². The molecule has 0 aliphatic carbocycles. The lowest BCUT2D eigenvalue weighted by molar-refractivity contribution is -0.151. The summed E-state index contributed by atoms with van der Waals surface area (Å²) in [5.74, 6) is -1.10. The zero-order chi connectivity index (χ0) is 16.1. The molecule has 0 saturated carbocycles. The molecular weight excluding hydrogens is 312 g/mol. The minimum Gasteiger partial charge on any atom is -0.399 e. The maximum absolute atomic E-state index is 12.3. The minimum atomic E-state index is -4.57. The van der Waals surface area contributed by atoms with Crippen molar-refractivity contribution in [3.63, 3.8) is 0 Å². The van der Waals surface area contributed by atoms with Crippen molar-refractivity contribution in [1.82, 2.24) is 14.2 Å². The number of hydrogen-bond donors (Lipinski definition) is 2. The SMILES string of the molecule is Nc1ccnc(CC(=O)N2CC[C@@H]3[C@H]2C(=O)N3S(=O)(=O)O)c1. The van der Waals surface area contributed by atoms with Crippen LogP contribution in [0.5, 0.6) is 0 Å². The van der Waals surface area contributed by atoms with E-state index in [4.69, 9.17) is 10.3 Å². The molecule has 2 atom stereocenters. The van der Waals surface area contributed by atoms with Crippen LogP contribution in [-0.2, 0) is 26.3 Å². The summed E-state index contributed by atoms with van der Waals surface area (Å²) in [6, 6.07) is 1.66. The summed E-state index contributed by atoms with van der Waals surface area (Å²) in [7, 11) is -4.57. The fourth-order valence-corrected chi connectivity index (χ4v) is 3.84. The van der Waals surface area contributed by atoms with Gasteiger partial charge in [0.25, 0.3) is 5.91 Å². The van der Waals surface area contributed by atoms with Gasteiger partial charge in [0.1, 0.15) is 6.04 Å². The second-order valence-corrected chi connectivity index (χ2v) is 6.55. The van der Waals surface area contributed by atoms with Gasteiger partial charge in [-0.2, -0.15) is 8.42 Å². The van der Waals surface area contributed by atoms with Gasteiger partial charge < -0.3 is 10.6 Å². The Labute approximate surface area is 126 Å². The zero-order valence-corrected chi connectivity index (χ0v) is 12.2. The molecule has 9 nitrogen and oxygen atoms in total. The molecule has 10 heteroatoms. The highest BCUT2D eigenvalue weighted by Gasteiger charge is 2.59. The van der Waals surface area contributed by atoms with Crippen LogP contribution in [0, 0.1) is 0 Å². The van der Waals surface area contributed by atoms with Crippen LogP contribution < -0.4 is 5.73 Å². The number of anilines is 1. The molecular formula is C12H14N4O5S. The molecule has 2 aliphatic rings. The summed E-state index contributed by atoms with van der Waals surface area (Å²) in [6.45, 7) is 0.258. The number of amides is 2. The lowest BCUT2D eigenvalue weighted by atomic mass is 10.00. The zero-order valence-electron chi connectivity index (χ0n) is 11.4. The van der Waals surface area contributed by atoms with E-state index >= 15 is 0 Å². The van der Waals surface area contributed by atoms with Gasteiger partial charge in [0.15, 0.2) is 0 Å².